The zero-order valence-corrected chi connectivity index (χ0v) is 20.3. The molecule has 0 aliphatic carbocycles. The molecule has 2 fully saturated rings. The first-order chi connectivity index (χ1) is 16.1. The number of halogens is 1. The molecule has 34 heavy (non-hydrogen) atoms. The maximum atomic E-state index is 13.3. The van der Waals surface area contributed by atoms with Crippen molar-refractivity contribution in [1.82, 2.24) is 14.5 Å². The van der Waals surface area contributed by atoms with E-state index in [-0.39, 0.29) is 23.6 Å². The first-order valence-corrected chi connectivity index (χ1v) is 12.6. The molecule has 0 amide bonds. The summed E-state index contributed by atoms with van der Waals surface area (Å²) in [5.74, 6) is -0.129. The third kappa shape index (κ3) is 4.12. The number of nitrogens with zero attached hydrogens (tertiary/aromatic N) is 2. The highest BCUT2D eigenvalue weighted by atomic mass is 79.9. The van der Waals surface area contributed by atoms with Crippen LogP contribution in [0.3, 0.4) is 0 Å². The Morgan fingerprint density at radius 1 is 1.41 bits per heavy atom. The van der Waals surface area contributed by atoms with Gasteiger partial charge in [-0.3, -0.25) is 23.3 Å². The number of aliphatic hydroxyl groups is 2. The summed E-state index contributed by atoms with van der Waals surface area (Å²) in [6.07, 6.45) is -3.13. The SMILES string of the molecule is C[C@@]1(O)[C@H](O)C(OP2(=O)OCC[C@@H](c3cccc(Br)c3)O2)O[C@H]1n1ccc2c(=O)[nH]c(N)nc21. The van der Waals surface area contributed by atoms with Crippen LogP contribution in [0.1, 0.15) is 31.2 Å². The molecule has 182 valence electrons. The number of hydrogen-bond donors (Lipinski definition) is 4. The Morgan fingerprint density at radius 3 is 2.97 bits per heavy atom. The van der Waals surface area contributed by atoms with Crippen LogP contribution in [0.5, 0.6) is 0 Å². The molecule has 2 saturated heterocycles. The van der Waals surface area contributed by atoms with Gasteiger partial charge in [0.2, 0.25) is 12.2 Å². The average molecular weight is 557 g/mol. The Labute approximate surface area is 201 Å². The van der Waals surface area contributed by atoms with E-state index in [0.717, 1.165) is 10.0 Å². The predicted octanol–water partition coefficient (Wildman–Crippen LogP) is 2.34. The van der Waals surface area contributed by atoms with Crippen LogP contribution in [0.2, 0.25) is 0 Å². The second-order valence-electron chi connectivity index (χ2n) is 8.26. The number of hydrogen-bond acceptors (Lipinski definition) is 10. The standard InChI is InChI=1S/C20H22BrN4O8P/c1-20(28)14(26)17(31-18(20)25-7-5-12-15(25)23-19(22)24-16(12)27)33-34(29)30-8-6-13(32-34)10-3-2-4-11(21)9-10/h2-5,7,9,13-14,17-18,26,28H,6,8H2,1H3,(H3,22,23,24,27)/t13-,14+,17?,18+,20+,34?/m0/s1. The van der Waals surface area contributed by atoms with Crippen molar-refractivity contribution in [3.8, 4) is 0 Å². The van der Waals surface area contributed by atoms with Crippen molar-refractivity contribution < 1.29 is 33.1 Å². The van der Waals surface area contributed by atoms with E-state index in [1.165, 1.54) is 23.8 Å². The van der Waals surface area contributed by atoms with E-state index >= 15 is 0 Å². The van der Waals surface area contributed by atoms with E-state index in [0.29, 0.717) is 6.42 Å². The lowest BCUT2D eigenvalue weighted by Gasteiger charge is -2.31. The normalized spacial score (nSPS) is 34.0. The molecule has 4 heterocycles. The summed E-state index contributed by atoms with van der Waals surface area (Å²) in [7, 11) is -4.17. The number of aliphatic hydroxyl groups excluding tert-OH is 1. The third-order valence-corrected chi connectivity index (χ3v) is 7.78. The molecule has 2 aromatic heterocycles. The van der Waals surface area contributed by atoms with E-state index in [2.05, 4.69) is 25.9 Å². The molecule has 2 unspecified atom stereocenters. The highest BCUT2D eigenvalue weighted by Gasteiger charge is 2.56. The van der Waals surface area contributed by atoms with Crippen LogP contribution in [-0.2, 0) is 22.9 Å². The van der Waals surface area contributed by atoms with Gasteiger partial charge < -0.3 is 25.3 Å². The monoisotopic (exact) mass is 556 g/mol. The number of benzene rings is 1. The lowest BCUT2D eigenvalue weighted by Crippen LogP contribution is -2.44. The van der Waals surface area contributed by atoms with Gasteiger partial charge in [-0.1, -0.05) is 28.1 Å². The topological polar surface area (TPSA) is 171 Å². The van der Waals surface area contributed by atoms with Gasteiger partial charge in [-0.25, -0.2) is 4.57 Å². The van der Waals surface area contributed by atoms with Crippen LogP contribution in [0.25, 0.3) is 11.0 Å². The van der Waals surface area contributed by atoms with Crippen molar-refractivity contribution in [3.05, 3.63) is 56.9 Å². The highest BCUT2D eigenvalue weighted by Crippen LogP contribution is 2.59. The molecule has 0 saturated carbocycles. The molecule has 5 N–H and O–H groups in total. The summed E-state index contributed by atoms with van der Waals surface area (Å²) in [6, 6.07) is 8.80. The maximum Gasteiger partial charge on any atom is 0.477 e. The van der Waals surface area contributed by atoms with E-state index in [9.17, 15) is 19.6 Å². The minimum absolute atomic E-state index is 0.0886. The minimum Gasteiger partial charge on any atom is -0.385 e. The van der Waals surface area contributed by atoms with E-state index in [4.69, 9.17) is 24.0 Å². The number of nitrogens with one attached hydrogen (secondary N) is 1. The van der Waals surface area contributed by atoms with Crippen LogP contribution in [0, 0.1) is 0 Å². The van der Waals surface area contributed by atoms with Crippen molar-refractivity contribution in [1.29, 1.82) is 0 Å². The fourth-order valence-electron chi connectivity index (χ4n) is 4.07. The minimum atomic E-state index is -4.17. The molecular weight excluding hydrogens is 535 g/mol. The Hall–Kier alpha value is -2.09. The third-order valence-electron chi connectivity index (χ3n) is 5.81. The summed E-state index contributed by atoms with van der Waals surface area (Å²) < 4.78 is 37.7. The second-order valence-corrected chi connectivity index (χ2v) is 10.8. The number of fused-ring (bicyclic) bond motifs is 1. The zero-order valence-electron chi connectivity index (χ0n) is 17.8. The summed E-state index contributed by atoms with van der Waals surface area (Å²) in [5, 5.41) is 22.0. The number of aromatic nitrogens is 3. The smallest absolute Gasteiger partial charge is 0.385 e. The van der Waals surface area contributed by atoms with Crippen LogP contribution in [0.4, 0.5) is 5.95 Å². The Kier molecular flexibility index (Phi) is 5.94. The molecule has 1 aromatic carbocycles. The molecule has 0 radical (unpaired) electrons. The Bertz CT molecular complexity index is 1340. The molecule has 2 aliphatic heterocycles. The van der Waals surface area contributed by atoms with Gasteiger partial charge in [0, 0.05) is 17.1 Å². The fourth-order valence-corrected chi connectivity index (χ4v) is 5.94. The lowest BCUT2D eigenvalue weighted by atomic mass is 9.99. The molecule has 12 nitrogen and oxygen atoms in total. The summed E-state index contributed by atoms with van der Waals surface area (Å²) in [5.41, 5.74) is 4.16. The number of ether oxygens (including phenoxy) is 1. The molecule has 3 aromatic rings. The van der Waals surface area contributed by atoms with Crippen molar-refractivity contribution in [2.24, 2.45) is 0 Å². The van der Waals surface area contributed by atoms with Gasteiger partial charge in [0.1, 0.15) is 11.7 Å². The van der Waals surface area contributed by atoms with E-state index in [1.54, 1.807) is 0 Å². The van der Waals surface area contributed by atoms with E-state index < -0.39 is 43.7 Å². The number of phosphoric ester groups is 1. The first kappa shape index (κ1) is 23.6. The number of rotatable bonds is 4. The number of nitrogens with two attached hydrogens (primary N) is 1. The predicted molar refractivity (Wildman–Crippen MR) is 123 cm³/mol. The molecule has 5 rings (SSSR count). The van der Waals surface area contributed by atoms with Gasteiger partial charge in [-0.2, -0.15) is 4.98 Å². The van der Waals surface area contributed by atoms with Crippen LogP contribution in [-0.4, -0.2) is 49.4 Å². The number of phosphoric acid groups is 1. The van der Waals surface area contributed by atoms with Gasteiger partial charge in [-0.05, 0) is 30.7 Å². The largest absolute Gasteiger partial charge is 0.477 e. The quantitative estimate of drug-likeness (QED) is 0.349. The first-order valence-electron chi connectivity index (χ1n) is 10.4. The second kappa shape index (κ2) is 8.54. The molecule has 14 heteroatoms. The van der Waals surface area contributed by atoms with Crippen LogP contribution < -0.4 is 11.3 Å². The van der Waals surface area contributed by atoms with Crippen LogP contribution >= 0.6 is 23.8 Å². The van der Waals surface area contributed by atoms with Crippen molar-refractivity contribution in [3.63, 3.8) is 0 Å². The zero-order chi connectivity index (χ0) is 24.3. The number of H-pyrrole nitrogens is 1. The number of anilines is 1. The molecule has 0 bridgehead atoms. The van der Waals surface area contributed by atoms with E-state index in [1.807, 2.05) is 24.3 Å². The van der Waals surface area contributed by atoms with Crippen molar-refractivity contribution in [2.45, 2.75) is 43.7 Å². The Morgan fingerprint density at radius 2 is 2.21 bits per heavy atom. The van der Waals surface area contributed by atoms with Crippen molar-refractivity contribution in [2.75, 3.05) is 12.3 Å². The van der Waals surface area contributed by atoms with Gasteiger partial charge in [0.05, 0.1) is 18.1 Å². The fraction of sp³-hybridized carbons (Fsp3) is 0.400. The average Bonchev–Trinajstić information content (AvgIpc) is 3.27. The summed E-state index contributed by atoms with van der Waals surface area (Å²) in [6.45, 7) is 1.40. The van der Waals surface area contributed by atoms with Gasteiger partial charge in [-0.15, -0.1) is 0 Å². The Balaban J connectivity index is 1.40. The molecular formula is C20H22BrN4O8P. The van der Waals surface area contributed by atoms with Gasteiger partial charge in [0.25, 0.3) is 5.56 Å². The van der Waals surface area contributed by atoms with Gasteiger partial charge >= 0.3 is 7.82 Å². The molecule has 0 spiro atoms. The molecule has 6 atom stereocenters. The molecule has 2 aliphatic rings. The van der Waals surface area contributed by atoms with Crippen molar-refractivity contribution >= 4 is 40.7 Å². The van der Waals surface area contributed by atoms with Crippen LogP contribution in [0.15, 0.2) is 45.8 Å². The number of nitrogen functional groups attached to an aromatic ring is 1. The van der Waals surface area contributed by atoms with Gasteiger partial charge in [0.15, 0.2) is 11.9 Å². The summed E-state index contributed by atoms with van der Waals surface area (Å²) >= 11 is 3.40. The lowest BCUT2D eigenvalue weighted by molar-refractivity contribution is -0.145. The number of aromatic amines is 1. The highest BCUT2D eigenvalue weighted by molar-refractivity contribution is 9.10. The maximum absolute atomic E-state index is 13.3. The summed E-state index contributed by atoms with van der Waals surface area (Å²) in [4.78, 5) is 18.6.